The van der Waals surface area contributed by atoms with E-state index in [9.17, 15) is 4.79 Å². The summed E-state index contributed by atoms with van der Waals surface area (Å²) in [6.45, 7) is 5.16. The number of carbonyl (C=O) groups is 1. The first kappa shape index (κ1) is 18.2. The minimum Gasteiger partial charge on any atom is -0.370 e. The Labute approximate surface area is 171 Å². The van der Waals surface area contributed by atoms with Crippen molar-refractivity contribution in [1.82, 2.24) is 19.8 Å². The minimum absolute atomic E-state index is 0.183. The van der Waals surface area contributed by atoms with Gasteiger partial charge in [-0.15, -0.1) is 0 Å². The van der Waals surface area contributed by atoms with Crippen LogP contribution in [-0.4, -0.2) is 59.6 Å². The fraction of sp³-hybridized carbons (Fsp3) is 0.391. The molecule has 2 fully saturated rings. The topological polar surface area (TPSA) is 53.4 Å². The van der Waals surface area contributed by atoms with Gasteiger partial charge in [0, 0.05) is 57.6 Å². The molecule has 0 atom stereocenters. The fourth-order valence-corrected chi connectivity index (χ4v) is 4.36. The molecule has 2 saturated heterocycles. The molecule has 150 valence electrons. The number of hydrogen-bond acceptors (Lipinski definition) is 4. The normalized spacial score (nSPS) is 18.0. The first-order valence-electron chi connectivity index (χ1n) is 10.5. The zero-order valence-corrected chi connectivity index (χ0v) is 16.8. The molecule has 0 bridgehead atoms. The molecule has 3 aromatic rings. The first-order chi connectivity index (χ1) is 14.2. The molecule has 2 aromatic carbocycles. The number of fused-ring (bicyclic) bond motifs is 1. The molecule has 2 aliphatic rings. The molecular weight excluding hydrogens is 362 g/mol. The molecule has 1 aromatic heterocycles. The summed E-state index contributed by atoms with van der Waals surface area (Å²) in [5.74, 6) is 1.48. The number of aryl methyl sites for hydroxylation is 1. The highest BCUT2D eigenvalue weighted by atomic mass is 16.2. The van der Waals surface area contributed by atoms with Gasteiger partial charge in [0.15, 0.2) is 0 Å². The van der Waals surface area contributed by atoms with Crippen molar-refractivity contribution in [2.45, 2.75) is 6.42 Å². The van der Waals surface area contributed by atoms with Gasteiger partial charge >= 0.3 is 0 Å². The molecule has 6 heteroatoms. The van der Waals surface area contributed by atoms with Crippen LogP contribution in [0.2, 0.25) is 0 Å². The number of rotatable bonds is 3. The number of anilines is 1. The van der Waals surface area contributed by atoms with Crippen LogP contribution in [0.1, 0.15) is 6.42 Å². The second kappa shape index (κ2) is 7.52. The van der Waals surface area contributed by atoms with E-state index >= 15 is 0 Å². The third-order valence-electron chi connectivity index (χ3n) is 6.19. The Morgan fingerprint density at radius 1 is 1.03 bits per heavy atom. The van der Waals surface area contributed by atoms with Crippen molar-refractivity contribution in [1.29, 1.82) is 0 Å². The molecule has 0 unspecified atom stereocenters. The second-order valence-electron chi connectivity index (χ2n) is 8.05. The highest BCUT2D eigenvalue weighted by Gasteiger charge is 2.30. The van der Waals surface area contributed by atoms with Crippen molar-refractivity contribution in [2.24, 2.45) is 13.0 Å². The summed E-state index contributed by atoms with van der Waals surface area (Å²) < 4.78 is 2.16. The van der Waals surface area contributed by atoms with Gasteiger partial charge in [-0.2, -0.15) is 0 Å². The van der Waals surface area contributed by atoms with Crippen LogP contribution < -0.4 is 10.2 Å². The number of aromatic nitrogens is 2. The van der Waals surface area contributed by atoms with Crippen molar-refractivity contribution >= 4 is 22.6 Å². The predicted molar refractivity (Wildman–Crippen MR) is 116 cm³/mol. The maximum Gasteiger partial charge on any atom is 0.228 e. The van der Waals surface area contributed by atoms with E-state index < -0.39 is 0 Å². The smallest absolute Gasteiger partial charge is 0.228 e. The van der Waals surface area contributed by atoms with Gasteiger partial charge in [0.25, 0.3) is 0 Å². The maximum absolute atomic E-state index is 12.6. The molecule has 3 heterocycles. The summed E-state index contributed by atoms with van der Waals surface area (Å²) >= 11 is 0. The Bertz CT molecular complexity index is 1040. The van der Waals surface area contributed by atoms with Crippen LogP contribution >= 0.6 is 0 Å². The SMILES string of the molecule is Cn1c(-c2cccc(N3CCCN(C(=O)C4CNC4)CC3)c2)nc2ccccc21. The quantitative estimate of drug-likeness (QED) is 0.748. The number of benzene rings is 2. The second-order valence-corrected chi connectivity index (χ2v) is 8.05. The average molecular weight is 390 g/mol. The Morgan fingerprint density at radius 2 is 1.90 bits per heavy atom. The Kier molecular flexibility index (Phi) is 4.72. The molecule has 0 spiro atoms. The Balaban J connectivity index is 1.36. The number of para-hydroxylation sites is 2. The molecule has 0 radical (unpaired) electrons. The van der Waals surface area contributed by atoms with Gasteiger partial charge in [0.1, 0.15) is 5.82 Å². The van der Waals surface area contributed by atoms with E-state index in [0.717, 1.165) is 68.1 Å². The number of amides is 1. The van der Waals surface area contributed by atoms with Crippen LogP contribution in [-0.2, 0) is 11.8 Å². The van der Waals surface area contributed by atoms with Gasteiger partial charge < -0.3 is 19.7 Å². The highest BCUT2D eigenvalue weighted by molar-refractivity contribution is 5.81. The average Bonchev–Trinajstić information content (AvgIpc) is 2.88. The van der Waals surface area contributed by atoms with E-state index in [2.05, 4.69) is 63.1 Å². The number of nitrogens with one attached hydrogen (secondary N) is 1. The van der Waals surface area contributed by atoms with Gasteiger partial charge in [0.2, 0.25) is 5.91 Å². The van der Waals surface area contributed by atoms with E-state index in [0.29, 0.717) is 5.91 Å². The largest absolute Gasteiger partial charge is 0.370 e. The lowest BCUT2D eigenvalue weighted by molar-refractivity contribution is -0.136. The molecular formula is C23H27N5O. The van der Waals surface area contributed by atoms with Crippen molar-refractivity contribution in [3.8, 4) is 11.4 Å². The van der Waals surface area contributed by atoms with E-state index in [-0.39, 0.29) is 5.92 Å². The first-order valence-corrected chi connectivity index (χ1v) is 10.5. The molecule has 1 N–H and O–H groups in total. The number of carbonyl (C=O) groups excluding carboxylic acids is 1. The van der Waals surface area contributed by atoms with Crippen LogP contribution in [0.3, 0.4) is 0 Å². The standard InChI is InChI=1S/C23H27N5O/c1-26-21-9-3-2-8-20(21)25-22(26)17-6-4-7-19(14-17)27-10-5-11-28(13-12-27)23(29)18-15-24-16-18/h2-4,6-9,14,18,24H,5,10-13,15-16H2,1H3. The van der Waals surface area contributed by atoms with Gasteiger partial charge in [-0.25, -0.2) is 4.98 Å². The highest BCUT2D eigenvalue weighted by Crippen LogP contribution is 2.27. The minimum atomic E-state index is 0.183. The number of imidazole rings is 1. The van der Waals surface area contributed by atoms with Gasteiger partial charge in [-0.3, -0.25) is 4.79 Å². The lowest BCUT2D eigenvalue weighted by Gasteiger charge is -2.32. The van der Waals surface area contributed by atoms with Gasteiger partial charge in [-0.05, 0) is 30.7 Å². The fourth-order valence-electron chi connectivity index (χ4n) is 4.36. The zero-order valence-electron chi connectivity index (χ0n) is 16.8. The Hall–Kier alpha value is -2.86. The van der Waals surface area contributed by atoms with Crippen LogP contribution in [0.25, 0.3) is 22.4 Å². The van der Waals surface area contributed by atoms with E-state index in [4.69, 9.17) is 4.98 Å². The van der Waals surface area contributed by atoms with Crippen molar-refractivity contribution in [3.05, 3.63) is 48.5 Å². The molecule has 5 rings (SSSR count). The Morgan fingerprint density at radius 3 is 2.69 bits per heavy atom. The molecule has 1 amide bonds. The molecule has 0 saturated carbocycles. The van der Waals surface area contributed by atoms with Crippen molar-refractivity contribution in [2.75, 3.05) is 44.2 Å². The van der Waals surface area contributed by atoms with Crippen molar-refractivity contribution in [3.63, 3.8) is 0 Å². The number of hydrogen-bond donors (Lipinski definition) is 1. The van der Waals surface area contributed by atoms with Gasteiger partial charge in [0.05, 0.1) is 17.0 Å². The summed E-state index contributed by atoms with van der Waals surface area (Å²) in [5, 5.41) is 3.20. The van der Waals surface area contributed by atoms with Crippen LogP contribution in [0.15, 0.2) is 48.5 Å². The zero-order chi connectivity index (χ0) is 19.8. The van der Waals surface area contributed by atoms with Crippen molar-refractivity contribution < 1.29 is 4.79 Å². The summed E-state index contributed by atoms with van der Waals surface area (Å²) in [5.41, 5.74) is 4.49. The van der Waals surface area contributed by atoms with Crippen LogP contribution in [0.5, 0.6) is 0 Å². The van der Waals surface area contributed by atoms with E-state index in [1.807, 2.05) is 12.1 Å². The summed E-state index contributed by atoms with van der Waals surface area (Å²) in [4.78, 5) is 21.9. The third-order valence-corrected chi connectivity index (χ3v) is 6.19. The summed E-state index contributed by atoms with van der Waals surface area (Å²) in [6.07, 6.45) is 1.00. The van der Waals surface area contributed by atoms with Crippen LogP contribution in [0, 0.1) is 5.92 Å². The lowest BCUT2D eigenvalue weighted by atomic mass is 10.0. The molecule has 0 aliphatic carbocycles. The molecule has 2 aliphatic heterocycles. The lowest BCUT2D eigenvalue weighted by Crippen LogP contribution is -2.52. The van der Waals surface area contributed by atoms with Crippen LogP contribution in [0.4, 0.5) is 5.69 Å². The van der Waals surface area contributed by atoms with Gasteiger partial charge in [-0.1, -0.05) is 24.3 Å². The molecule has 29 heavy (non-hydrogen) atoms. The molecule has 6 nitrogen and oxygen atoms in total. The van der Waals surface area contributed by atoms with E-state index in [1.54, 1.807) is 0 Å². The van der Waals surface area contributed by atoms with E-state index in [1.165, 1.54) is 5.69 Å². The summed E-state index contributed by atoms with van der Waals surface area (Å²) in [7, 11) is 2.07. The predicted octanol–water partition coefficient (Wildman–Crippen LogP) is 2.50. The summed E-state index contributed by atoms with van der Waals surface area (Å²) in [6, 6.07) is 16.9. The third kappa shape index (κ3) is 3.38. The monoisotopic (exact) mass is 389 g/mol. The maximum atomic E-state index is 12.6. The number of nitrogens with zero attached hydrogens (tertiary/aromatic N) is 4.